The summed E-state index contributed by atoms with van der Waals surface area (Å²) in [4.78, 5) is 12.0. The van der Waals surface area contributed by atoms with Crippen molar-refractivity contribution < 1.29 is 27.9 Å². The van der Waals surface area contributed by atoms with E-state index >= 15 is 0 Å². The molecule has 8 nitrogen and oxygen atoms in total. The number of nitrogens with one attached hydrogen (secondary N) is 2. The van der Waals surface area contributed by atoms with E-state index in [0.717, 1.165) is 0 Å². The van der Waals surface area contributed by atoms with Gasteiger partial charge in [-0.15, -0.1) is 0 Å². The van der Waals surface area contributed by atoms with Crippen molar-refractivity contribution in [1.29, 1.82) is 0 Å². The lowest BCUT2D eigenvalue weighted by atomic mass is 9.87. The summed E-state index contributed by atoms with van der Waals surface area (Å²) in [6.45, 7) is 0.999. The summed E-state index contributed by atoms with van der Waals surface area (Å²) < 4.78 is 36.6. The number of ether oxygens (including phenoxy) is 2. The van der Waals surface area contributed by atoms with E-state index in [2.05, 4.69) is 5.32 Å². The summed E-state index contributed by atoms with van der Waals surface area (Å²) in [6, 6.07) is 13.2. The van der Waals surface area contributed by atoms with Gasteiger partial charge in [-0.25, -0.2) is 13.9 Å². The number of amides is 1. The Hall–Kier alpha value is -2.62. The van der Waals surface area contributed by atoms with Gasteiger partial charge in [0.05, 0.1) is 17.8 Å². The summed E-state index contributed by atoms with van der Waals surface area (Å²) in [5.74, 6) is 0.0206. The summed E-state index contributed by atoms with van der Waals surface area (Å²) >= 11 is 0. The molecule has 29 heavy (non-hydrogen) atoms. The number of hydrogen-bond donors (Lipinski definition) is 3. The molecule has 0 aromatic heterocycles. The third kappa shape index (κ3) is 5.26. The van der Waals surface area contributed by atoms with Gasteiger partial charge in [0.15, 0.2) is 9.84 Å². The lowest BCUT2D eigenvalue weighted by Crippen LogP contribution is -2.46. The zero-order valence-electron chi connectivity index (χ0n) is 16.0. The fourth-order valence-corrected chi connectivity index (χ4v) is 5.08. The van der Waals surface area contributed by atoms with Gasteiger partial charge in [0, 0.05) is 12.0 Å². The zero-order chi connectivity index (χ0) is 20.9. The molecule has 0 saturated carbocycles. The molecule has 0 radical (unpaired) electrons. The third-order valence-electron chi connectivity index (χ3n) is 4.95. The van der Waals surface area contributed by atoms with Gasteiger partial charge in [-0.1, -0.05) is 6.07 Å². The number of carbonyl (C=O) groups excluding carboxylic acids is 1. The van der Waals surface area contributed by atoms with Crippen LogP contribution in [0, 0.1) is 11.8 Å². The van der Waals surface area contributed by atoms with Gasteiger partial charge < -0.3 is 14.8 Å². The molecule has 2 aromatic carbocycles. The van der Waals surface area contributed by atoms with Gasteiger partial charge in [0.1, 0.15) is 17.2 Å². The van der Waals surface area contributed by atoms with Crippen molar-refractivity contribution in [2.75, 3.05) is 26.0 Å². The fraction of sp³-hybridized carbons (Fsp3) is 0.350. The Morgan fingerprint density at radius 2 is 1.90 bits per heavy atom. The Balaban J connectivity index is 1.71. The molecule has 1 fully saturated rings. The van der Waals surface area contributed by atoms with Crippen molar-refractivity contribution in [3.8, 4) is 17.2 Å². The average Bonchev–Trinajstić information content (AvgIpc) is 2.74. The minimum atomic E-state index is -3.61. The smallest absolute Gasteiger partial charge is 0.246 e. The molecule has 0 bridgehead atoms. The van der Waals surface area contributed by atoms with E-state index in [1.54, 1.807) is 49.0 Å². The highest BCUT2D eigenvalue weighted by atomic mass is 32.2. The van der Waals surface area contributed by atoms with Crippen LogP contribution in [0.25, 0.3) is 0 Å². The number of carbonyl (C=O) groups is 1. The Morgan fingerprint density at radius 1 is 1.17 bits per heavy atom. The predicted molar refractivity (Wildman–Crippen MR) is 106 cm³/mol. The number of hydroxylamine groups is 1. The number of benzene rings is 2. The first-order chi connectivity index (χ1) is 13.9. The molecule has 1 aliphatic heterocycles. The Bertz CT molecular complexity index is 946. The maximum atomic E-state index is 12.8. The van der Waals surface area contributed by atoms with Gasteiger partial charge in [0.25, 0.3) is 0 Å². The highest BCUT2D eigenvalue weighted by Gasteiger charge is 2.34. The molecule has 3 rings (SSSR count). The first kappa shape index (κ1) is 21.1. The lowest BCUT2D eigenvalue weighted by Gasteiger charge is -2.30. The maximum absolute atomic E-state index is 12.8. The molecule has 0 spiro atoms. The van der Waals surface area contributed by atoms with Crippen LogP contribution in [-0.2, 0) is 14.6 Å². The standard InChI is InChI=1S/C20H24N2O6S/c1-27-16-3-2-4-17(11-16)28-15-5-7-18(8-6-15)29(25,26)13-14-12-21-10-9-19(14)20(23)22-24/h2-8,11,14,19,21,24H,9-10,12-13H2,1H3,(H,22,23)/t14-,19-/m0/s1. The van der Waals surface area contributed by atoms with Gasteiger partial charge >= 0.3 is 0 Å². The Kier molecular flexibility index (Phi) is 6.73. The molecule has 3 N–H and O–H groups in total. The fourth-order valence-electron chi connectivity index (χ4n) is 3.42. The molecule has 156 valence electrons. The second-order valence-electron chi connectivity index (χ2n) is 6.87. The molecule has 1 heterocycles. The van der Waals surface area contributed by atoms with E-state index in [9.17, 15) is 13.2 Å². The van der Waals surface area contributed by atoms with Crippen LogP contribution >= 0.6 is 0 Å². The number of methoxy groups -OCH3 is 1. The first-order valence-electron chi connectivity index (χ1n) is 9.22. The van der Waals surface area contributed by atoms with E-state index < -0.39 is 27.6 Å². The Morgan fingerprint density at radius 3 is 2.59 bits per heavy atom. The van der Waals surface area contributed by atoms with Crippen molar-refractivity contribution in [3.05, 3.63) is 48.5 Å². The van der Waals surface area contributed by atoms with Crippen molar-refractivity contribution in [3.63, 3.8) is 0 Å². The summed E-state index contributed by atoms with van der Waals surface area (Å²) in [7, 11) is -2.05. The quantitative estimate of drug-likeness (QED) is 0.464. The van der Waals surface area contributed by atoms with E-state index in [4.69, 9.17) is 14.7 Å². The summed E-state index contributed by atoms with van der Waals surface area (Å²) in [5.41, 5.74) is 1.64. The molecule has 2 atom stereocenters. The summed E-state index contributed by atoms with van der Waals surface area (Å²) in [6.07, 6.45) is 0.472. The van der Waals surface area contributed by atoms with Crippen molar-refractivity contribution in [1.82, 2.24) is 10.8 Å². The van der Waals surface area contributed by atoms with Crippen LogP contribution in [0.4, 0.5) is 0 Å². The molecule has 1 aliphatic rings. The van der Waals surface area contributed by atoms with E-state index in [1.807, 2.05) is 0 Å². The second kappa shape index (κ2) is 9.25. The van der Waals surface area contributed by atoms with Crippen LogP contribution < -0.4 is 20.3 Å². The van der Waals surface area contributed by atoms with Crippen molar-refractivity contribution >= 4 is 15.7 Å². The van der Waals surface area contributed by atoms with Crippen molar-refractivity contribution in [2.24, 2.45) is 11.8 Å². The Labute approximate surface area is 169 Å². The number of hydrogen-bond acceptors (Lipinski definition) is 7. The highest BCUT2D eigenvalue weighted by Crippen LogP contribution is 2.28. The van der Waals surface area contributed by atoms with E-state index in [0.29, 0.717) is 36.8 Å². The predicted octanol–water partition coefficient (Wildman–Crippen LogP) is 1.99. The van der Waals surface area contributed by atoms with Gasteiger partial charge in [-0.05, 0) is 61.8 Å². The summed E-state index contributed by atoms with van der Waals surface area (Å²) in [5, 5.41) is 12.0. The molecule has 2 aromatic rings. The lowest BCUT2D eigenvalue weighted by molar-refractivity contribution is -0.135. The number of rotatable bonds is 7. The highest BCUT2D eigenvalue weighted by molar-refractivity contribution is 7.91. The molecule has 1 amide bonds. The van der Waals surface area contributed by atoms with Gasteiger partial charge in [-0.3, -0.25) is 10.0 Å². The zero-order valence-corrected chi connectivity index (χ0v) is 16.8. The van der Waals surface area contributed by atoms with Crippen LogP contribution in [0.3, 0.4) is 0 Å². The molecule has 0 unspecified atom stereocenters. The SMILES string of the molecule is COc1cccc(Oc2ccc(S(=O)(=O)C[C@@H]3CNCC[C@@H]3C(=O)NO)cc2)c1. The van der Waals surface area contributed by atoms with Crippen molar-refractivity contribution in [2.45, 2.75) is 11.3 Å². The number of sulfone groups is 1. The molecule has 9 heteroatoms. The monoisotopic (exact) mass is 420 g/mol. The minimum Gasteiger partial charge on any atom is -0.497 e. The van der Waals surface area contributed by atoms with Crippen LogP contribution in [-0.4, -0.2) is 45.5 Å². The van der Waals surface area contributed by atoms with E-state index in [-0.39, 0.29) is 10.6 Å². The second-order valence-corrected chi connectivity index (χ2v) is 8.90. The molecular formula is C20H24N2O6S. The molecule has 0 aliphatic carbocycles. The van der Waals surface area contributed by atoms with Crippen LogP contribution in [0.2, 0.25) is 0 Å². The first-order valence-corrected chi connectivity index (χ1v) is 10.9. The van der Waals surface area contributed by atoms with Crippen LogP contribution in [0.15, 0.2) is 53.4 Å². The average molecular weight is 420 g/mol. The molecular weight excluding hydrogens is 396 g/mol. The largest absolute Gasteiger partial charge is 0.497 e. The minimum absolute atomic E-state index is 0.157. The third-order valence-corrected chi connectivity index (χ3v) is 6.81. The van der Waals surface area contributed by atoms with E-state index in [1.165, 1.54) is 12.1 Å². The van der Waals surface area contributed by atoms with Gasteiger partial charge in [-0.2, -0.15) is 0 Å². The van der Waals surface area contributed by atoms with Gasteiger partial charge in [0.2, 0.25) is 5.91 Å². The maximum Gasteiger partial charge on any atom is 0.246 e. The molecule has 1 saturated heterocycles. The normalized spacial score (nSPS) is 19.4. The van der Waals surface area contributed by atoms with Crippen LogP contribution in [0.5, 0.6) is 17.2 Å². The van der Waals surface area contributed by atoms with Crippen LogP contribution in [0.1, 0.15) is 6.42 Å². The topological polar surface area (TPSA) is 114 Å². The number of piperidine rings is 1.